The molecule has 1 amide bonds. The van der Waals surface area contributed by atoms with Crippen molar-refractivity contribution >= 4 is 5.91 Å². The molecule has 5 nitrogen and oxygen atoms in total. The highest BCUT2D eigenvalue weighted by atomic mass is 16.5. The number of aromatic nitrogens is 2. The van der Waals surface area contributed by atoms with Crippen molar-refractivity contribution in [2.24, 2.45) is 5.92 Å². The molecular weight excluding hydrogens is 338 g/mol. The van der Waals surface area contributed by atoms with Crippen LogP contribution >= 0.6 is 0 Å². The second kappa shape index (κ2) is 8.15. The molecule has 1 aromatic heterocycles. The van der Waals surface area contributed by atoms with Gasteiger partial charge in [0.2, 0.25) is 0 Å². The molecule has 0 spiro atoms. The lowest BCUT2D eigenvalue weighted by molar-refractivity contribution is -0.135. The molecule has 27 heavy (non-hydrogen) atoms. The van der Waals surface area contributed by atoms with Gasteiger partial charge in [-0.05, 0) is 50.7 Å². The van der Waals surface area contributed by atoms with Crippen LogP contribution in [0.25, 0.3) is 0 Å². The number of imidazole rings is 1. The third kappa shape index (κ3) is 4.18. The third-order valence-electron chi connectivity index (χ3n) is 5.97. The minimum Gasteiger partial charge on any atom is -0.484 e. The van der Waals surface area contributed by atoms with E-state index >= 15 is 0 Å². The van der Waals surface area contributed by atoms with Crippen LogP contribution in [0, 0.1) is 12.8 Å². The SMILES string of the molecule is Cc1cnc(C2CCC2)n1CC1CCCN(C(=O)COc2ccccc2)C1. The molecule has 1 aliphatic heterocycles. The van der Waals surface area contributed by atoms with E-state index in [0.717, 1.165) is 31.8 Å². The summed E-state index contributed by atoms with van der Waals surface area (Å²) in [6.45, 7) is 4.90. The third-order valence-corrected chi connectivity index (χ3v) is 5.97. The molecule has 0 radical (unpaired) electrons. The Hall–Kier alpha value is -2.30. The Balaban J connectivity index is 1.34. The van der Waals surface area contributed by atoms with Gasteiger partial charge >= 0.3 is 0 Å². The highest BCUT2D eigenvalue weighted by molar-refractivity contribution is 5.77. The van der Waals surface area contributed by atoms with E-state index < -0.39 is 0 Å². The van der Waals surface area contributed by atoms with Gasteiger partial charge in [0.25, 0.3) is 5.91 Å². The molecule has 2 heterocycles. The minimum absolute atomic E-state index is 0.0881. The second-order valence-electron chi connectivity index (χ2n) is 7.95. The summed E-state index contributed by atoms with van der Waals surface area (Å²) < 4.78 is 8.05. The van der Waals surface area contributed by atoms with E-state index in [1.54, 1.807) is 0 Å². The molecular formula is C22H29N3O2. The lowest BCUT2D eigenvalue weighted by atomic mass is 9.84. The molecule has 2 fully saturated rings. The largest absolute Gasteiger partial charge is 0.484 e. The number of hydrogen-bond donors (Lipinski definition) is 0. The molecule has 5 heteroatoms. The highest BCUT2D eigenvalue weighted by Gasteiger charge is 2.28. The van der Waals surface area contributed by atoms with E-state index in [9.17, 15) is 4.79 Å². The number of benzene rings is 1. The van der Waals surface area contributed by atoms with Gasteiger partial charge in [0.05, 0.1) is 0 Å². The Morgan fingerprint density at radius 1 is 1.19 bits per heavy atom. The average molecular weight is 367 g/mol. The molecule has 1 saturated carbocycles. The first-order chi connectivity index (χ1) is 13.2. The van der Waals surface area contributed by atoms with Crippen molar-refractivity contribution in [3.8, 4) is 5.75 Å². The number of rotatable bonds is 6. The number of piperidine rings is 1. The lowest BCUT2D eigenvalue weighted by Crippen LogP contribution is -2.43. The molecule has 1 atom stereocenters. The quantitative estimate of drug-likeness (QED) is 0.781. The van der Waals surface area contributed by atoms with Crippen molar-refractivity contribution in [2.45, 2.75) is 51.5 Å². The zero-order chi connectivity index (χ0) is 18.6. The van der Waals surface area contributed by atoms with Gasteiger partial charge in [-0.25, -0.2) is 4.98 Å². The van der Waals surface area contributed by atoms with Crippen molar-refractivity contribution in [3.05, 3.63) is 48.0 Å². The summed E-state index contributed by atoms with van der Waals surface area (Å²) in [5.41, 5.74) is 1.24. The molecule has 0 N–H and O–H groups in total. The van der Waals surface area contributed by atoms with Crippen LogP contribution in [-0.2, 0) is 11.3 Å². The van der Waals surface area contributed by atoms with Gasteiger partial charge in [0.1, 0.15) is 11.6 Å². The first-order valence-electron chi connectivity index (χ1n) is 10.2. The van der Waals surface area contributed by atoms with Crippen LogP contribution in [0.5, 0.6) is 5.75 Å². The first-order valence-corrected chi connectivity index (χ1v) is 10.2. The van der Waals surface area contributed by atoms with Crippen LogP contribution in [0.2, 0.25) is 0 Å². The molecule has 144 valence electrons. The van der Waals surface area contributed by atoms with Gasteiger partial charge in [-0.1, -0.05) is 24.6 Å². The van der Waals surface area contributed by atoms with Crippen LogP contribution in [0.4, 0.5) is 0 Å². The van der Waals surface area contributed by atoms with Gasteiger partial charge in [0.15, 0.2) is 6.61 Å². The molecule has 1 aromatic carbocycles. The van der Waals surface area contributed by atoms with E-state index in [-0.39, 0.29) is 12.5 Å². The summed E-state index contributed by atoms with van der Waals surface area (Å²) in [6, 6.07) is 9.56. The molecule has 2 aliphatic rings. The van der Waals surface area contributed by atoms with Crippen molar-refractivity contribution in [1.82, 2.24) is 14.5 Å². The van der Waals surface area contributed by atoms with Crippen LogP contribution in [0.1, 0.15) is 49.5 Å². The number of aryl methyl sites for hydroxylation is 1. The summed E-state index contributed by atoms with van der Waals surface area (Å²) in [4.78, 5) is 19.3. The van der Waals surface area contributed by atoms with E-state index in [0.29, 0.717) is 11.8 Å². The Morgan fingerprint density at radius 3 is 2.74 bits per heavy atom. The van der Waals surface area contributed by atoms with Crippen LogP contribution in [-0.4, -0.2) is 40.1 Å². The lowest BCUT2D eigenvalue weighted by Gasteiger charge is -2.34. The van der Waals surface area contributed by atoms with Crippen molar-refractivity contribution in [1.29, 1.82) is 0 Å². The summed E-state index contributed by atoms with van der Waals surface area (Å²) in [6.07, 6.45) is 8.10. The van der Waals surface area contributed by atoms with Crippen molar-refractivity contribution in [3.63, 3.8) is 0 Å². The van der Waals surface area contributed by atoms with Crippen LogP contribution < -0.4 is 4.74 Å². The van der Waals surface area contributed by atoms with Crippen molar-refractivity contribution in [2.75, 3.05) is 19.7 Å². The number of nitrogens with zero attached hydrogens (tertiary/aromatic N) is 3. The predicted octanol–water partition coefficient (Wildman–Crippen LogP) is 3.78. The smallest absolute Gasteiger partial charge is 0.260 e. The fourth-order valence-electron chi connectivity index (χ4n) is 4.16. The van der Waals surface area contributed by atoms with E-state index in [1.165, 1.54) is 37.2 Å². The predicted molar refractivity (Wildman–Crippen MR) is 105 cm³/mol. The van der Waals surface area contributed by atoms with Crippen LogP contribution in [0.3, 0.4) is 0 Å². The summed E-state index contributed by atoms with van der Waals surface area (Å²) in [7, 11) is 0. The number of carbonyl (C=O) groups is 1. The number of carbonyl (C=O) groups excluding carboxylic acids is 1. The normalized spacial score (nSPS) is 20.3. The maximum atomic E-state index is 12.6. The molecule has 4 rings (SSSR count). The monoisotopic (exact) mass is 367 g/mol. The highest BCUT2D eigenvalue weighted by Crippen LogP contribution is 2.36. The molecule has 1 unspecified atom stereocenters. The van der Waals surface area contributed by atoms with Crippen molar-refractivity contribution < 1.29 is 9.53 Å². The average Bonchev–Trinajstić information content (AvgIpc) is 3.00. The molecule has 1 aliphatic carbocycles. The molecule has 0 bridgehead atoms. The van der Waals surface area contributed by atoms with Crippen LogP contribution in [0.15, 0.2) is 36.5 Å². The van der Waals surface area contributed by atoms with Gasteiger partial charge in [-0.3, -0.25) is 4.79 Å². The fourth-order valence-corrected chi connectivity index (χ4v) is 4.16. The number of para-hydroxylation sites is 1. The Morgan fingerprint density at radius 2 is 2.00 bits per heavy atom. The topological polar surface area (TPSA) is 47.4 Å². The maximum Gasteiger partial charge on any atom is 0.260 e. The molecule has 2 aromatic rings. The van der Waals surface area contributed by atoms with Gasteiger partial charge in [-0.2, -0.15) is 0 Å². The summed E-state index contributed by atoms with van der Waals surface area (Å²) in [5.74, 6) is 3.23. The zero-order valence-electron chi connectivity index (χ0n) is 16.1. The molecule has 1 saturated heterocycles. The minimum atomic E-state index is 0.0881. The Kier molecular flexibility index (Phi) is 5.46. The van der Waals surface area contributed by atoms with E-state index in [2.05, 4.69) is 16.5 Å². The van der Waals surface area contributed by atoms with Gasteiger partial charge < -0.3 is 14.2 Å². The Labute approximate surface area is 161 Å². The Bertz CT molecular complexity index is 767. The summed E-state index contributed by atoms with van der Waals surface area (Å²) in [5, 5.41) is 0. The number of amides is 1. The second-order valence-corrected chi connectivity index (χ2v) is 7.95. The van der Waals surface area contributed by atoms with Gasteiger partial charge in [0, 0.05) is 37.4 Å². The van der Waals surface area contributed by atoms with E-state index in [4.69, 9.17) is 4.74 Å². The van der Waals surface area contributed by atoms with E-state index in [1.807, 2.05) is 41.4 Å². The number of ether oxygens (including phenoxy) is 1. The number of hydrogen-bond acceptors (Lipinski definition) is 3. The summed E-state index contributed by atoms with van der Waals surface area (Å²) >= 11 is 0. The van der Waals surface area contributed by atoms with Gasteiger partial charge in [-0.15, -0.1) is 0 Å². The number of likely N-dealkylation sites (tertiary alicyclic amines) is 1. The standard InChI is InChI=1S/C22H29N3O2/c1-17-13-23-22(19-8-5-9-19)25(17)15-18-7-6-12-24(14-18)21(26)16-27-20-10-3-2-4-11-20/h2-4,10-11,13,18-19H,5-9,12,14-16H2,1H3. The zero-order valence-corrected chi connectivity index (χ0v) is 16.1. The fraction of sp³-hybridized carbons (Fsp3) is 0.545. The maximum absolute atomic E-state index is 12.6. The first kappa shape index (κ1) is 18.1.